The fourth-order valence-electron chi connectivity index (χ4n) is 6.58. The SMILES string of the molecule is C[C@H]1CCCCN1c1nnc2ccc(O[C@@H]3CC[C@H](NC(=O)N/C(=C/C(=N)C(C)(C)C)Nc4ccc(F)c(COS(C)(=O)=O)c4)c4ccccc43)cn12. The van der Waals surface area contributed by atoms with Gasteiger partial charge >= 0.3 is 6.03 Å². The van der Waals surface area contributed by atoms with Gasteiger partial charge in [-0.25, -0.2) is 9.18 Å². The van der Waals surface area contributed by atoms with E-state index in [2.05, 4.69) is 38.0 Å². The van der Waals surface area contributed by atoms with E-state index in [1.807, 2.05) is 67.8 Å². The maximum absolute atomic E-state index is 14.5. The van der Waals surface area contributed by atoms with E-state index >= 15 is 0 Å². The Kier molecular flexibility index (Phi) is 11.1. The van der Waals surface area contributed by atoms with E-state index in [1.54, 1.807) is 0 Å². The Labute approximate surface area is 309 Å². The van der Waals surface area contributed by atoms with Crippen molar-refractivity contribution in [1.82, 2.24) is 25.2 Å². The minimum Gasteiger partial charge on any atom is -0.484 e. The number of piperidine rings is 1. The molecule has 2 amide bonds. The number of amides is 2. The van der Waals surface area contributed by atoms with Crippen LogP contribution in [0.4, 0.5) is 20.8 Å². The fraction of sp³-hybridized carbons (Fsp3) is 0.421. The highest BCUT2D eigenvalue weighted by molar-refractivity contribution is 7.85. The molecule has 4 aromatic rings. The molecule has 15 heteroatoms. The fourth-order valence-corrected chi connectivity index (χ4v) is 6.92. The van der Waals surface area contributed by atoms with Gasteiger partial charge in [-0.2, -0.15) is 8.42 Å². The van der Waals surface area contributed by atoms with Crippen molar-refractivity contribution in [3.8, 4) is 5.75 Å². The van der Waals surface area contributed by atoms with Crippen LogP contribution in [0.2, 0.25) is 0 Å². The van der Waals surface area contributed by atoms with Crippen LogP contribution in [-0.4, -0.2) is 53.6 Å². The minimum atomic E-state index is -3.80. The second-order valence-corrected chi connectivity index (χ2v) is 16.4. The van der Waals surface area contributed by atoms with Crippen LogP contribution in [-0.2, 0) is 20.9 Å². The Morgan fingerprint density at radius 2 is 1.83 bits per heavy atom. The van der Waals surface area contributed by atoms with Crippen molar-refractivity contribution in [1.29, 1.82) is 5.41 Å². The highest BCUT2D eigenvalue weighted by atomic mass is 32.2. The minimum absolute atomic E-state index is 0.00404. The molecule has 0 radical (unpaired) electrons. The topological polar surface area (TPSA) is 163 Å². The lowest BCUT2D eigenvalue weighted by atomic mass is 9.85. The van der Waals surface area contributed by atoms with Crippen LogP contribution in [0.15, 0.2) is 72.7 Å². The van der Waals surface area contributed by atoms with Crippen LogP contribution in [0.1, 0.15) is 88.6 Å². The molecule has 1 aliphatic heterocycles. The number of rotatable bonds is 11. The van der Waals surface area contributed by atoms with Gasteiger partial charge in [0.2, 0.25) is 5.95 Å². The normalized spacial score (nSPS) is 19.4. The van der Waals surface area contributed by atoms with Crippen molar-refractivity contribution in [2.75, 3.05) is 23.0 Å². The van der Waals surface area contributed by atoms with E-state index < -0.39 is 34.0 Å². The van der Waals surface area contributed by atoms with Gasteiger partial charge in [-0.3, -0.25) is 13.9 Å². The molecule has 1 saturated heterocycles. The van der Waals surface area contributed by atoms with E-state index in [-0.39, 0.29) is 29.2 Å². The van der Waals surface area contributed by atoms with Crippen molar-refractivity contribution < 1.29 is 26.5 Å². The summed E-state index contributed by atoms with van der Waals surface area (Å²) in [7, 11) is -3.80. The number of carbonyl (C=O) groups excluding carboxylic acids is 1. The molecule has 2 aliphatic rings. The molecular formula is C38H47FN8O5S. The first-order valence-electron chi connectivity index (χ1n) is 17.8. The molecule has 1 aliphatic carbocycles. The van der Waals surface area contributed by atoms with Crippen LogP contribution in [0.5, 0.6) is 5.75 Å². The Balaban J connectivity index is 1.17. The lowest BCUT2D eigenvalue weighted by Gasteiger charge is -2.33. The van der Waals surface area contributed by atoms with Gasteiger partial charge in [0.1, 0.15) is 23.5 Å². The number of urea groups is 1. The van der Waals surface area contributed by atoms with Crippen LogP contribution < -0.4 is 25.6 Å². The molecule has 6 rings (SSSR count). The second kappa shape index (κ2) is 15.5. The van der Waals surface area contributed by atoms with Gasteiger partial charge < -0.3 is 25.7 Å². The zero-order chi connectivity index (χ0) is 37.9. The number of aromatic nitrogens is 3. The summed E-state index contributed by atoms with van der Waals surface area (Å²) < 4.78 is 50.9. The van der Waals surface area contributed by atoms with Gasteiger partial charge in [-0.1, -0.05) is 45.0 Å². The van der Waals surface area contributed by atoms with Gasteiger partial charge in [-0.15, -0.1) is 10.2 Å². The Hall–Kier alpha value is -5.02. The summed E-state index contributed by atoms with van der Waals surface area (Å²) in [6.45, 7) is 8.28. The molecule has 0 spiro atoms. The Bertz CT molecular complexity index is 2130. The third-order valence-corrected chi connectivity index (χ3v) is 10.1. The predicted octanol–water partition coefficient (Wildman–Crippen LogP) is 7.00. The first kappa shape index (κ1) is 37.7. The predicted molar refractivity (Wildman–Crippen MR) is 202 cm³/mol. The standard InChI is InChI=1S/C38H47FN8O5S/c1-24-10-8-9-19-46(24)37-45-44-35-18-14-27(22-47(35)37)52-32-17-16-31(28-11-6-7-12-29(28)32)42-36(48)43-34(21-33(40)38(2,3)4)41-26-13-15-30(39)25(20-26)23-51-53(5,49)50/h6-7,11-15,18,20-22,24,31-32,40-41H,8-10,16-17,19,23H2,1-5H3,(H2,42,43,48)/b34-21+,40-33?/t24-,31-,32+/m0/s1. The van der Waals surface area contributed by atoms with Crippen molar-refractivity contribution in [2.45, 2.75) is 84.6 Å². The first-order valence-corrected chi connectivity index (χ1v) is 19.6. The number of hydrogen-bond acceptors (Lipinski definition) is 10. The van der Waals surface area contributed by atoms with Gasteiger partial charge in [0.05, 0.1) is 25.1 Å². The summed E-state index contributed by atoms with van der Waals surface area (Å²) in [4.78, 5) is 15.9. The second-order valence-electron chi connectivity index (χ2n) is 14.7. The van der Waals surface area contributed by atoms with Crippen molar-refractivity contribution in [3.63, 3.8) is 0 Å². The van der Waals surface area contributed by atoms with Crippen LogP contribution in [0.3, 0.4) is 0 Å². The lowest BCUT2D eigenvalue weighted by molar-refractivity contribution is 0.171. The molecule has 2 aromatic carbocycles. The third kappa shape index (κ3) is 9.32. The van der Waals surface area contributed by atoms with E-state index in [0.717, 1.165) is 48.4 Å². The monoisotopic (exact) mass is 746 g/mol. The number of ether oxygens (including phenoxy) is 1. The number of fused-ring (bicyclic) bond motifs is 2. The number of pyridine rings is 1. The first-order chi connectivity index (χ1) is 25.1. The van der Waals surface area contributed by atoms with Gasteiger partial charge in [0.25, 0.3) is 10.1 Å². The quantitative estimate of drug-likeness (QED) is 0.0936. The maximum Gasteiger partial charge on any atom is 0.320 e. The zero-order valence-electron chi connectivity index (χ0n) is 30.6. The molecule has 3 atom stereocenters. The molecule has 3 heterocycles. The van der Waals surface area contributed by atoms with Gasteiger partial charge in [0.15, 0.2) is 5.65 Å². The van der Waals surface area contributed by atoms with Gasteiger partial charge in [0, 0.05) is 41.0 Å². The molecule has 53 heavy (non-hydrogen) atoms. The molecule has 0 unspecified atom stereocenters. The lowest BCUT2D eigenvalue weighted by Crippen LogP contribution is -2.41. The molecule has 0 bridgehead atoms. The average molecular weight is 747 g/mol. The van der Waals surface area contributed by atoms with Crippen LogP contribution in [0, 0.1) is 16.6 Å². The summed E-state index contributed by atoms with van der Waals surface area (Å²) in [5.41, 5.74) is 2.71. The smallest absolute Gasteiger partial charge is 0.320 e. The van der Waals surface area contributed by atoms with E-state index in [4.69, 9.17) is 14.3 Å². The van der Waals surface area contributed by atoms with E-state index in [1.165, 1.54) is 30.7 Å². The van der Waals surface area contributed by atoms with Gasteiger partial charge in [-0.05, 0) is 80.5 Å². The Morgan fingerprint density at radius 1 is 1.06 bits per heavy atom. The van der Waals surface area contributed by atoms with Crippen molar-refractivity contribution in [2.24, 2.45) is 5.41 Å². The third-order valence-electron chi connectivity index (χ3n) is 9.53. The molecule has 1 fully saturated rings. The molecule has 4 N–H and O–H groups in total. The summed E-state index contributed by atoms with van der Waals surface area (Å²) in [5, 5.41) is 26.5. The molecule has 13 nitrogen and oxygen atoms in total. The number of nitrogens with zero attached hydrogens (tertiary/aromatic N) is 4. The highest BCUT2D eigenvalue weighted by Gasteiger charge is 2.30. The number of anilines is 2. The maximum atomic E-state index is 14.5. The number of carbonyl (C=O) groups is 1. The number of halogens is 1. The summed E-state index contributed by atoms with van der Waals surface area (Å²) >= 11 is 0. The molecule has 282 valence electrons. The summed E-state index contributed by atoms with van der Waals surface area (Å²) in [5.74, 6) is 1.05. The van der Waals surface area contributed by atoms with E-state index in [9.17, 15) is 17.6 Å². The number of hydrogen-bond donors (Lipinski definition) is 4. The molecule has 2 aromatic heterocycles. The zero-order valence-corrected chi connectivity index (χ0v) is 31.5. The Morgan fingerprint density at radius 3 is 2.57 bits per heavy atom. The average Bonchev–Trinajstić information content (AvgIpc) is 3.52. The molecular weight excluding hydrogens is 700 g/mol. The molecule has 0 saturated carbocycles. The van der Waals surface area contributed by atoms with E-state index in [0.29, 0.717) is 30.3 Å². The number of nitrogens with one attached hydrogen (secondary N) is 4. The van der Waals surface area contributed by atoms with Crippen LogP contribution in [0.25, 0.3) is 5.65 Å². The van der Waals surface area contributed by atoms with Crippen molar-refractivity contribution in [3.05, 3.63) is 95.2 Å². The number of benzene rings is 2. The summed E-state index contributed by atoms with van der Waals surface area (Å²) in [6.07, 6.45) is 8.78. The summed E-state index contributed by atoms with van der Waals surface area (Å²) in [6, 6.07) is 15.3. The number of allylic oxidation sites excluding steroid dienone is 1. The van der Waals surface area contributed by atoms with Crippen LogP contribution >= 0.6 is 0 Å². The van der Waals surface area contributed by atoms with Crippen molar-refractivity contribution >= 4 is 39.1 Å². The largest absolute Gasteiger partial charge is 0.484 e. The highest BCUT2D eigenvalue weighted by Crippen LogP contribution is 2.39.